The highest BCUT2D eigenvalue weighted by Crippen LogP contribution is 2.27. The summed E-state index contributed by atoms with van der Waals surface area (Å²) in [5.74, 6) is 2.20. The normalized spacial score (nSPS) is 22.4. The van der Waals surface area contributed by atoms with E-state index in [0.717, 1.165) is 17.3 Å². The first-order chi connectivity index (χ1) is 8.18. The van der Waals surface area contributed by atoms with Gasteiger partial charge in [0.15, 0.2) is 0 Å². The number of thioether (sulfide) groups is 2. The van der Waals surface area contributed by atoms with Crippen molar-refractivity contribution < 1.29 is 8.78 Å². The van der Waals surface area contributed by atoms with Crippen LogP contribution in [-0.4, -0.2) is 28.6 Å². The predicted molar refractivity (Wildman–Crippen MR) is 71.6 cm³/mol. The molecule has 5 heteroatoms. The van der Waals surface area contributed by atoms with Crippen LogP contribution in [0.25, 0.3) is 0 Å². The Morgan fingerprint density at radius 1 is 1.29 bits per heavy atom. The highest BCUT2D eigenvalue weighted by Gasteiger charge is 2.23. The Bertz CT molecular complexity index is 361. The second kappa shape index (κ2) is 6.07. The molecule has 94 valence electrons. The Balaban J connectivity index is 2.04. The molecular weight excluding hydrogens is 260 g/mol. The van der Waals surface area contributed by atoms with E-state index < -0.39 is 11.6 Å². The third-order valence-electron chi connectivity index (χ3n) is 2.82. The molecule has 2 N–H and O–H groups in total. The Kier molecular flexibility index (Phi) is 4.70. The minimum absolute atomic E-state index is 0.121. The number of benzene rings is 1. The Morgan fingerprint density at radius 2 is 2.00 bits per heavy atom. The number of halogens is 2. The zero-order chi connectivity index (χ0) is 12.3. The number of hydrogen-bond donors (Lipinski definition) is 1. The van der Waals surface area contributed by atoms with Gasteiger partial charge in [-0.2, -0.15) is 23.5 Å². The van der Waals surface area contributed by atoms with Crippen LogP contribution in [0.5, 0.6) is 0 Å². The van der Waals surface area contributed by atoms with Gasteiger partial charge in [0, 0.05) is 34.1 Å². The highest BCUT2D eigenvalue weighted by atomic mass is 32.2. The smallest absolute Gasteiger partial charge is 0.129 e. The van der Waals surface area contributed by atoms with Crippen molar-refractivity contribution in [3.8, 4) is 0 Å². The summed E-state index contributed by atoms with van der Waals surface area (Å²) in [6.45, 7) is 0. The lowest BCUT2D eigenvalue weighted by molar-refractivity contribution is 0.534. The van der Waals surface area contributed by atoms with Crippen molar-refractivity contribution in [2.24, 2.45) is 5.73 Å². The average molecular weight is 275 g/mol. The van der Waals surface area contributed by atoms with Gasteiger partial charge in [-0.1, -0.05) is 6.07 Å². The molecule has 2 unspecified atom stereocenters. The molecule has 0 aromatic heterocycles. The third kappa shape index (κ3) is 3.36. The van der Waals surface area contributed by atoms with Crippen LogP contribution in [0.15, 0.2) is 18.2 Å². The molecule has 0 saturated carbocycles. The molecule has 1 aromatic carbocycles. The molecule has 1 saturated heterocycles. The Hall–Kier alpha value is -0.260. The molecule has 2 rings (SSSR count). The van der Waals surface area contributed by atoms with Gasteiger partial charge in [-0.25, -0.2) is 8.78 Å². The maximum atomic E-state index is 13.5. The molecule has 0 spiro atoms. The van der Waals surface area contributed by atoms with Crippen LogP contribution in [0, 0.1) is 11.6 Å². The SMILES string of the molecule is NC(Cc1c(F)cccc1F)C1CSCCS1. The molecule has 17 heavy (non-hydrogen) atoms. The van der Waals surface area contributed by atoms with E-state index >= 15 is 0 Å². The molecule has 1 aromatic rings. The maximum Gasteiger partial charge on any atom is 0.129 e. The number of rotatable bonds is 3. The van der Waals surface area contributed by atoms with E-state index in [1.165, 1.54) is 18.2 Å². The predicted octanol–water partition coefficient (Wildman–Crippen LogP) is 2.68. The monoisotopic (exact) mass is 275 g/mol. The lowest BCUT2D eigenvalue weighted by Crippen LogP contribution is -2.38. The minimum atomic E-state index is -0.492. The van der Waals surface area contributed by atoms with Gasteiger partial charge in [-0.3, -0.25) is 0 Å². The summed E-state index contributed by atoms with van der Waals surface area (Å²) in [7, 11) is 0. The second-order valence-electron chi connectivity index (χ2n) is 4.05. The largest absolute Gasteiger partial charge is 0.326 e. The Morgan fingerprint density at radius 3 is 2.59 bits per heavy atom. The van der Waals surface area contributed by atoms with Gasteiger partial charge in [-0.05, 0) is 18.6 Å². The van der Waals surface area contributed by atoms with Crippen molar-refractivity contribution in [2.75, 3.05) is 17.3 Å². The summed E-state index contributed by atoms with van der Waals surface area (Å²) in [6.07, 6.45) is 0.275. The van der Waals surface area contributed by atoms with E-state index in [1.807, 2.05) is 23.5 Å². The summed E-state index contributed by atoms with van der Waals surface area (Å²) in [6, 6.07) is 3.77. The zero-order valence-corrected chi connectivity index (χ0v) is 11.0. The van der Waals surface area contributed by atoms with Gasteiger partial charge in [0.05, 0.1) is 0 Å². The van der Waals surface area contributed by atoms with Crippen molar-refractivity contribution in [3.05, 3.63) is 35.4 Å². The summed E-state index contributed by atoms with van der Waals surface area (Å²) in [5, 5.41) is 0.299. The first kappa shape index (κ1) is 13.2. The van der Waals surface area contributed by atoms with E-state index in [4.69, 9.17) is 5.73 Å². The topological polar surface area (TPSA) is 26.0 Å². The third-order valence-corrected chi connectivity index (χ3v) is 5.76. The molecule has 0 amide bonds. The van der Waals surface area contributed by atoms with Crippen LogP contribution in [0.4, 0.5) is 8.78 Å². The molecule has 1 fully saturated rings. The van der Waals surface area contributed by atoms with Crippen molar-refractivity contribution in [3.63, 3.8) is 0 Å². The molecule has 1 aliphatic heterocycles. The Labute approximate surface area is 109 Å². The summed E-state index contributed by atoms with van der Waals surface area (Å²) in [5.41, 5.74) is 6.17. The van der Waals surface area contributed by atoms with E-state index in [0.29, 0.717) is 5.25 Å². The lowest BCUT2D eigenvalue weighted by atomic mass is 10.0. The van der Waals surface area contributed by atoms with E-state index in [2.05, 4.69) is 0 Å². The summed E-state index contributed by atoms with van der Waals surface area (Å²) in [4.78, 5) is 0. The van der Waals surface area contributed by atoms with Gasteiger partial charge < -0.3 is 5.73 Å². The maximum absolute atomic E-state index is 13.5. The molecule has 0 aliphatic carbocycles. The van der Waals surface area contributed by atoms with Crippen LogP contribution in [-0.2, 0) is 6.42 Å². The fraction of sp³-hybridized carbons (Fsp3) is 0.500. The molecule has 2 atom stereocenters. The van der Waals surface area contributed by atoms with Gasteiger partial charge in [0.1, 0.15) is 11.6 Å². The quantitative estimate of drug-likeness (QED) is 0.918. The number of nitrogens with two attached hydrogens (primary N) is 1. The fourth-order valence-corrected chi connectivity index (χ4v) is 4.67. The van der Waals surface area contributed by atoms with Crippen molar-refractivity contribution in [2.45, 2.75) is 17.7 Å². The molecule has 1 nitrogen and oxygen atoms in total. The standard InChI is InChI=1S/C12H15F2NS2/c13-9-2-1-3-10(14)8(9)6-11(15)12-7-16-4-5-17-12/h1-3,11-12H,4-7,15H2. The van der Waals surface area contributed by atoms with E-state index in [1.54, 1.807) is 0 Å². The van der Waals surface area contributed by atoms with Crippen LogP contribution in [0.2, 0.25) is 0 Å². The van der Waals surface area contributed by atoms with Gasteiger partial charge in [0.25, 0.3) is 0 Å². The first-order valence-electron chi connectivity index (χ1n) is 5.56. The van der Waals surface area contributed by atoms with Crippen molar-refractivity contribution >= 4 is 23.5 Å². The lowest BCUT2D eigenvalue weighted by Gasteiger charge is -2.26. The molecule has 1 heterocycles. The minimum Gasteiger partial charge on any atom is -0.326 e. The summed E-state index contributed by atoms with van der Waals surface area (Å²) >= 11 is 3.67. The van der Waals surface area contributed by atoms with Crippen LogP contribution >= 0.6 is 23.5 Å². The number of hydrogen-bond acceptors (Lipinski definition) is 3. The molecule has 0 bridgehead atoms. The van der Waals surface area contributed by atoms with Gasteiger partial charge >= 0.3 is 0 Å². The van der Waals surface area contributed by atoms with Gasteiger partial charge in [0.2, 0.25) is 0 Å². The molecular formula is C12H15F2NS2. The van der Waals surface area contributed by atoms with Crippen LogP contribution < -0.4 is 5.73 Å². The molecule has 0 radical (unpaired) electrons. The molecule has 1 aliphatic rings. The van der Waals surface area contributed by atoms with Crippen LogP contribution in [0.1, 0.15) is 5.56 Å². The average Bonchev–Trinajstić information content (AvgIpc) is 2.35. The fourth-order valence-electron chi connectivity index (χ4n) is 1.85. The summed E-state index contributed by atoms with van der Waals surface area (Å²) < 4.78 is 26.9. The highest BCUT2D eigenvalue weighted by molar-refractivity contribution is 8.06. The van der Waals surface area contributed by atoms with Gasteiger partial charge in [-0.15, -0.1) is 0 Å². The second-order valence-corrected chi connectivity index (χ2v) is 6.55. The first-order valence-corrected chi connectivity index (χ1v) is 7.76. The zero-order valence-electron chi connectivity index (χ0n) is 9.36. The van der Waals surface area contributed by atoms with E-state index in [-0.39, 0.29) is 18.0 Å². The van der Waals surface area contributed by atoms with Crippen LogP contribution in [0.3, 0.4) is 0 Å². The van der Waals surface area contributed by atoms with E-state index in [9.17, 15) is 8.78 Å². The van der Waals surface area contributed by atoms with Crippen molar-refractivity contribution in [1.29, 1.82) is 0 Å². The van der Waals surface area contributed by atoms with Crippen molar-refractivity contribution in [1.82, 2.24) is 0 Å².